The summed E-state index contributed by atoms with van der Waals surface area (Å²) >= 11 is 0. The number of carbonyl (C=O) groups excluding carboxylic acids is 3. The lowest BCUT2D eigenvalue weighted by Crippen LogP contribution is -2.56. The Labute approximate surface area is 233 Å². The predicted octanol–water partition coefficient (Wildman–Crippen LogP) is 5.84. The van der Waals surface area contributed by atoms with E-state index in [4.69, 9.17) is 4.74 Å². The SMILES string of the molecule is CC[C@@H](N(NC(=O)c1ccc(C=O)c(CCOC(C)(C)C(C)(C)O)c1)C(=O)c1cc(C)cc(C)c1)C(C)(C)C. The largest absolute Gasteiger partial charge is 0.387 e. The van der Waals surface area contributed by atoms with Crippen LogP contribution in [0, 0.1) is 19.3 Å². The highest BCUT2D eigenvalue weighted by atomic mass is 16.5. The molecule has 0 unspecified atom stereocenters. The predicted molar refractivity (Wildman–Crippen MR) is 155 cm³/mol. The van der Waals surface area contributed by atoms with Gasteiger partial charge < -0.3 is 9.84 Å². The lowest BCUT2D eigenvalue weighted by Gasteiger charge is -2.39. The molecule has 2 aromatic carbocycles. The van der Waals surface area contributed by atoms with Crippen molar-refractivity contribution in [2.24, 2.45) is 5.41 Å². The van der Waals surface area contributed by atoms with E-state index in [0.29, 0.717) is 35.1 Å². The van der Waals surface area contributed by atoms with E-state index >= 15 is 0 Å². The highest BCUT2D eigenvalue weighted by molar-refractivity contribution is 6.00. The fraction of sp³-hybridized carbons (Fsp3) is 0.531. The van der Waals surface area contributed by atoms with Gasteiger partial charge in [-0.05, 0) is 89.6 Å². The first-order chi connectivity index (χ1) is 17.9. The van der Waals surface area contributed by atoms with Gasteiger partial charge in [0.1, 0.15) is 6.29 Å². The van der Waals surface area contributed by atoms with Crippen molar-refractivity contribution in [3.8, 4) is 0 Å². The molecule has 2 rings (SSSR count). The molecule has 0 aliphatic carbocycles. The number of rotatable bonds is 10. The Hall–Kier alpha value is -3.03. The Morgan fingerprint density at radius 1 is 0.974 bits per heavy atom. The molecular formula is C32H46N2O5. The number of amides is 2. The van der Waals surface area contributed by atoms with Gasteiger partial charge in [0, 0.05) is 16.7 Å². The maximum absolute atomic E-state index is 13.8. The number of benzene rings is 2. The summed E-state index contributed by atoms with van der Waals surface area (Å²) < 4.78 is 5.93. The van der Waals surface area contributed by atoms with Crippen LogP contribution < -0.4 is 5.43 Å². The number of aldehydes is 1. The minimum atomic E-state index is -1.06. The average Bonchev–Trinajstić information content (AvgIpc) is 2.81. The second kappa shape index (κ2) is 12.4. The maximum Gasteiger partial charge on any atom is 0.272 e. The molecule has 0 saturated heterocycles. The summed E-state index contributed by atoms with van der Waals surface area (Å²) in [6.45, 7) is 19.2. The van der Waals surface area contributed by atoms with Gasteiger partial charge in [-0.15, -0.1) is 0 Å². The van der Waals surface area contributed by atoms with E-state index in [1.54, 1.807) is 45.9 Å². The van der Waals surface area contributed by atoms with Crippen LogP contribution in [0.2, 0.25) is 0 Å². The second-order valence-corrected chi connectivity index (χ2v) is 12.5. The lowest BCUT2D eigenvalue weighted by atomic mass is 9.84. The molecule has 0 radical (unpaired) electrons. The summed E-state index contributed by atoms with van der Waals surface area (Å²) in [5, 5.41) is 11.8. The van der Waals surface area contributed by atoms with Gasteiger partial charge in [0.05, 0.1) is 23.9 Å². The van der Waals surface area contributed by atoms with E-state index in [9.17, 15) is 19.5 Å². The maximum atomic E-state index is 13.8. The number of ether oxygens (including phenoxy) is 1. The number of aliphatic hydroxyl groups is 1. The van der Waals surface area contributed by atoms with Crippen molar-refractivity contribution in [1.29, 1.82) is 0 Å². The fourth-order valence-corrected chi connectivity index (χ4v) is 4.53. The van der Waals surface area contributed by atoms with Gasteiger partial charge in [-0.1, -0.05) is 51.0 Å². The van der Waals surface area contributed by atoms with Crippen molar-refractivity contribution in [1.82, 2.24) is 10.4 Å². The molecule has 0 aromatic heterocycles. The Morgan fingerprint density at radius 3 is 2.05 bits per heavy atom. The first-order valence-electron chi connectivity index (χ1n) is 13.6. The zero-order valence-corrected chi connectivity index (χ0v) is 25.3. The zero-order valence-electron chi connectivity index (χ0n) is 25.3. The minimum absolute atomic E-state index is 0.252. The van der Waals surface area contributed by atoms with Crippen molar-refractivity contribution in [3.63, 3.8) is 0 Å². The van der Waals surface area contributed by atoms with Gasteiger partial charge >= 0.3 is 0 Å². The molecule has 2 aromatic rings. The third kappa shape index (κ3) is 8.23. The van der Waals surface area contributed by atoms with E-state index in [2.05, 4.69) is 5.43 Å². The molecule has 0 bridgehead atoms. The third-order valence-corrected chi connectivity index (χ3v) is 7.45. The third-order valence-electron chi connectivity index (χ3n) is 7.45. The highest BCUT2D eigenvalue weighted by Gasteiger charge is 2.36. The number of aryl methyl sites for hydroxylation is 2. The standard InChI is InChI=1S/C32H46N2O5/c1-11-27(30(4,5)6)34(29(37)26-17-21(2)16-22(3)18-26)33-28(36)24-12-13-25(20-35)23(19-24)14-15-39-32(9,10)31(7,8)38/h12-13,16-20,27,38H,11,14-15H2,1-10H3,(H,33,36)/t27-/m1/s1. The molecule has 0 spiro atoms. The first kappa shape index (κ1) is 32.2. The van der Waals surface area contributed by atoms with Gasteiger partial charge in [-0.25, -0.2) is 5.01 Å². The molecule has 1 atom stereocenters. The number of hydrazine groups is 1. The van der Waals surface area contributed by atoms with Crippen LogP contribution >= 0.6 is 0 Å². The van der Waals surface area contributed by atoms with Crippen LogP contribution in [0.15, 0.2) is 36.4 Å². The van der Waals surface area contributed by atoms with Crippen molar-refractivity contribution >= 4 is 18.1 Å². The molecule has 39 heavy (non-hydrogen) atoms. The second-order valence-electron chi connectivity index (χ2n) is 12.5. The van der Waals surface area contributed by atoms with Gasteiger partial charge in [0.25, 0.3) is 11.8 Å². The Morgan fingerprint density at radius 2 is 1.56 bits per heavy atom. The average molecular weight is 539 g/mol. The monoisotopic (exact) mass is 538 g/mol. The summed E-state index contributed by atoms with van der Waals surface area (Å²) in [7, 11) is 0. The van der Waals surface area contributed by atoms with Crippen LogP contribution in [0.25, 0.3) is 0 Å². The van der Waals surface area contributed by atoms with E-state index in [-0.39, 0.29) is 24.0 Å². The van der Waals surface area contributed by atoms with Gasteiger partial charge in [0.15, 0.2) is 0 Å². The summed E-state index contributed by atoms with van der Waals surface area (Å²) in [4.78, 5) is 39.0. The molecule has 0 heterocycles. The van der Waals surface area contributed by atoms with Crippen molar-refractivity contribution in [2.75, 3.05) is 6.61 Å². The molecule has 0 saturated carbocycles. The Bertz CT molecular complexity index is 1170. The zero-order chi connectivity index (χ0) is 29.8. The Balaban J connectivity index is 2.38. The molecule has 7 nitrogen and oxygen atoms in total. The lowest BCUT2D eigenvalue weighted by molar-refractivity contribution is -0.146. The van der Waals surface area contributed by atoms with Crippen LogP contribution in [-0.4, -0.2) is 52.1 Å². The smallest absolute Gasteiger partial charge is 0.272 e. The van der Waals surface area contributed by atoms with Gasteiger partial charge in [0.2, 0.25) is 0 Å². The van der Waals surface area contributed by atoms with E-state index in [0.717, 1.165) is 17.4 Å². The van der Waals surface area contributed by atoms with Crippen LogP contribution in [0.5, 0.6) is 0 Å². The van der Waals surface area contributed by atoms with E-state index < -0.39 is 17.1 Å². The molecule has 0 aliphatic heterocycles. The van der Waals surface area contributed by atoms with Crippen LogP contribution in [0.1, 0.15) is 110 Å². The topological polar surface area (TPSA) is 95.9 Å². The molecule has 214 valence electrons. The summed E-state index contributed by atoms with van der Waals surface area (Å²) in [6.07, 6.45) is 1.77. The summed E-state index contributed by atoms with van der Waals surface area (Å²) in [5.41, 5.74) is 4.62. The van der Waals surface area contributed by atoms with Crippen LogP contribution in [-0.2, 0) is 11.2 Å². The van der Waals surface area contributed by atoms with Gasteiger partial charge in [-0.3, -0.25) is 19.8 Å². The van der Waals surface area contributed by atoms with Gasteiger partial charge in [-0.2, -0.15) is 0 Å². The Kier molecular flexibility index (Phi) is 10.3. The number of nitrogens with zero attached hydrogens (tertiary/aromatic N) is 1. The fourth-order valence-electron chi connectivity index (χ4n) is 4.53. The molecular weight excluding hydrogens is 492 g/mol. The molecule has 0 fully saturated rings. The van der Waals surface area contributed by atoms with E-state index in [1.807, 2.05) is 59.7 Å². The van der Waals surface area contributed by atoms with E-state index in [1.165, 1.54) is 5.01 Å². The molecule has 2 amide bonds. The highest BCUT2D eigenvalue weighted by Crippen LogP contribution is 2.28. The minimum Gasteiger partial charge on any atom is -0.387 e. The molecule has 7 heteroatoms. The summed E-state index contributed by atoms with van der Waals surface area (Å²) in [6, 6.07) is 10.3. The quantitative estimate of drug-likeness (QED) is 0.293. The summed E-state index contributed by atoms with van der Waals surface area (Å²) in [5.74, 6) is -0.712. The number of hydrogen-bond donors (Lipinski definition) is 2. The first-order valence-corrected chi connectivity index (χ1v) is 13.6. The normalized spacial score (nSPS) is 13.1. The number of carbonyl (C=O) groups is 3. The van der Waals surface area contributed by atoms with Crippen molar-refractivity contribution < 1.29 is 24.2 Å². The van der Waals surface area contributed by atoms with Crippen LogP contribution in [0.4, 0.5) is 0 Å². The molecule has 0 aliphatic rings. The van der Waals surface area contributed by atoms with Crippen molar-refractivity contribution in [3.05, 3.63) is 69.8 Å². The van der Waals surface area contributed by atoms with Crippen LogP contribution in [0.3, 0.4) is 0 Å². The number of nitrogens with one attached hydrogen (secondary N) is 1. The molecule has 2 N–H and O–H groups in total. The number of hydrogen-bond acceptors (Lipinski definition) is 5. The van der Waals surface area contributed by atoms with Crippen molar-refractivity contribution in [2.45, 2.75) is 99.3 Å².